The first-order valence-corrected chi connectivity index (χ1v) is 3.40. The minimum atomic E-state index is 0.234. The molecule has 0 aromatic carbocycles. The van der Waals surface area contributed by atoms with Crippen LogP contribution in [0.5, 0.6) is 0 Å². The SMILES string of the molecule is CCC(CCN)N=C=NN. The van der Waals surface area contributed by atoms with Crippen molar-refractivity contribution in [2.24, 2.45) is 21.7 Å². The van der Waals surface area contributed by atoms with E-state index in [0.29, 0.717) is 6.54 Å². The van der Waals surface area contributed by atoms with E-state index in [-0.39, 0.29) is 6.04 Å². The molecule has 4 nitrogen and oxygen atoms in total. The molecular weight excluding hydrogens is 128 g/mol. The first-order valence-electron chi connectivity index (χ1n) is 3.40. The van der Waals surface area contributed by atoms with E-state index in [1.54, 1.807) is 0 Å². The van der Waals surface area contributed by atoms with Crippen molar-refractivity contribution in [3.05, 3.63) is 0 Å². The van der Waals surface area contributed by atoms with Gasteiger partial charge in [-0.1, -0.05) is 6.92 Å². The topological polar surface area (TPSA) is 76.8 Å². The number of nitrogens with zero attached hydrogens (tertiary/aromatic N) is 2. The van der Waals surface area contributed by atoms with E-state index in [4.69, 9.17) is 11.6 Å². The third-order valence-corrected chi connectivity index (χ3v) is 1.27. The van der Waals surface area contributed by atoms with E-state index in [2.05, 4.69) is 16.1 Å². The van der Waals surface area contributed by atoms with E-state index in [1.165, 1.54) is 0 Å². The van der Waals surface area contributed by atoms with Crippen LogP contribution >= 0.6 is 0 Å². The Labute approximate surface area is 61.0 Å². The monoisotopic (exact) mass is 142 g/mol. The Morgan fingerprint density at radius 1 is 1.60 bits per heavy atom. The molecule has 10 heavy (non-hydrogen) atoms. The summed E-state index contributed by atoms with van der Waals surface area (Å²) in [5.74, 6) is 4.82. The van der Waals surface area contributed by atoms with Crippen LogP contribution in [0.1, 0.15) is 19.8 Å². The molecule has 0 saturated heterocycles. The Balaban J connectivity index is 3.70. The number of hydrogen-bond acceptors (Lipinski definition) is 4. The van der Waals surface area contributed by atoms with Crippen molar-refractivity contribution < 1.29 is 0 Å². The summed E-state index contributed by atoms with van der Waals surface area (Å²) in [5.41, 5.74) is 5.33. The Kier molecular flexibility index (Phi) is 5.72. The van der Waals surface area contributed by atoms with Crippen LogP contribution in [0.4, 0.5) is 0 Å². The average Bonchev–Trinajstić information content (AvgIpc) is 1.98. The lowest BCUT2D eigenvalue weighted by Gasteiger charge is -2.03. The van der Waals surface area contributed by atoms with E-state index >= 15 is 0 Å². The summed E-state index contributed by atoms with van der Waals surface area (Å²) in [5, 5.41) is 3.15. The lowest BCUT2D eigenvalue weighted by molar-refractivity contribution is 0.609. The molecule has 0 amide bonds. The summed E-state index contributed by atoms with van der Waals surface area (Å²) in [6.07, 6.45) is 1.83. The molecule has 0 saturated carbocycles. The van der Waals surface area contributed by atoms with E-state index in [9.17, 15) is 0 Å². The molecule has 0 heterocycles. The van der Waals surface area contributed by atoms with Gasteiger partial charge in [-0.25, -0.2) is 4.99 Å². The van der Waals surface area contributed by atoms with Crippen LogP contribution in [-0.2, 0) is 0 Å². The average molecular weight is 142 g/mol. The fourth-order valence-electron chi connectivity index (χ4n) is 0.667. The molecule has 0 aromatic rings. The van der Waals surface area contributed by atoms with E-state index < -0.39 is 0 Å². The molecule has 0 aromatic heterocycles. The van der Waals surface area contributed by atoms with E-state index in [0.717, 1.165) is 12.8 Å². The fourth-order valence-corrected chi connectivity index (χ4v) is 0.667. The summed E-state index contributed by atoms with van der Waals surface area (Å²) in [6, 6.07) is 2.59. The molecule has 0 fully saturated rings. The highest BCUT2D eigenvalue weighted by atomic mass is 15.1. The zero-order valence-electron chi connectivity index (χ0n) is 6.25. The molecule has 4 N–H and O–H groups in total. The minimum Gasteiger partial charge on any atom is -0.330 e. The second kappa shape index (κ2) is 6.26. The molecule has 1 atom stereocenters. The standard InChI is InChI=1S/C6H14N4/c1-2-6(3-4-7)9-5-10-8/h6H,2-4,7-8H2,1H3. The molecule has 4 heteroatoms. The Morgan fingerprint density at radius 3 is 2.70 bits per heavy atom. The predicted molar refractivity (Wildman–Crippen MR) is 41.8 cm³/mol. The van der Waals surface area contributed by atoms with Crippen molar-refractivity contribution in [1.29, 1.82) is 0 Å². The van der Waals surface area contributed by atoms with Crippen molar-refractivity contribution in [3.8, 4) is 0 Å². The Hall–Kier alpha value is -0.860. The van der Waals surface area contributed by atoms with Gasteiger partial charge in [-0.2, -0.15) is 0 Å². The number of rotatable bonds is 4. The van der Waals surface area contributed by atoms with Crippen LogP contribution in [0.3, 0.4) is 0 Å². The molecule has 1 unspecified atom stereocenters. The molecule has 0 spiro atoms. The van der Waals surface area contributed by atoms with Gasteiger partial charge in [0.05, 0.1) is 6.04 Å². The van der Waals surface area contributed by atoms with Gasteiger partial charge in [-0.15, -0.1) is 5.10 Å². The second-order valence-corrected chi connectivity index (χ2v) is 2.00. The van der Waals surface area contributed by atoms with Crippen LogP contribution in [0.2, 0.25) is 0 Å². The summed E-state index contributed by atoms with van der Waals surface area (Å²) in [7, 11) is 0. The third kappa shape index (κ3) is 4.06. The van der Waals surface area contributed by atoms with Gasteiger partial charge >= 0.3 is 0 Å². The zero-order valence-corrected chi connectivity index (χ0v) is 6.25. The van der Waals surface area contributed by atoms with Crippen LogP contribution in [0, 0.1) is 0 Å². The smallest absolute Gasteiger partial charge is 0.114 e. The van der Waals surface area contributed by atoms with Gasteiger partial charge < -0.3 is 11.6 Å². The highest BCUT2D eigenvalue weighted by molar-refractivity contribution is 5.40. The summed E-state index contributed by atoms with van der Waals surface area (Å²) in [6.45, 7) is 2.69. The quantitative estimate of drug-likeness (QED) is 0.333. The zero-order chi connectivity index (χ0) is 7.82. The van der Waals surface area contributed by atoms with Gasteiger partial charge in [-0.05, 0) is 19.4 Å². The normalized spacial score (nSPS) is 11.8. The highest BCUT2D eigenvalue weighted by Crippen LogP contribution is 1.99. The van der Waals surface area contributed by atoms with Crippen LogP contribution in [0.15, 0.2) is 10.1 Å². The number of hydrazone groups is 1. The van der Waals surface area contributed by atoms with Crippen molar-refractivity contribution in [2.45, 2.75) is 25.8 Å². The van der Waals surface area contributed by atoms with Crippen molar-refractivity contribution in [3.63, 3.8) is 0 Å². The van der Waals surface area contributed by atoms with Gasteiger partial charge in [0.15, 0.2) is 0 Å². The summed E-state index contributed by atoms with van der Waals surface area (Å²) < 4.78 is 0. The number of nitrogens with two attached hydrogens (primary N) is 2. The van der Waals surface area contributed by atoms with Crippen LogP contribution in [0.25, 0.3) is 0 Å². The number of aliphatic imine (C=N–C) groups is 1. The molecule has 0 aliphatic carbocycles. The first kappa shape index (κ1) is 9.14. The molecule has 0 aliphatic rings. The molecule has 58 valence electrons. The Morgan fingerprint density at radius 2 is 2.30 bits per heavy atom. The molecule has 0 aliphatic heterocycles. The van der Waals surface area contributed by atoms with Crippen molar-refractivity contribution in [2.75, 3.05) is 6.54 Å². The molecular formula is C6H14N4. The maximum Gasteiger partial charge on any atom is 0.114 e. The summed E-state index contributed by atoms with van der Waals surface area (Å²) in [4.78, 5) is 3.93. The molecule has 0 rings (SSSR count). The maximum absolute atomic E-state index is 5.33. The summed E-state index contributed by atoms with van der Waals surface area (Å²) >= 11 is 0. The minimum absolute atomic E-state index is 0.234. The van der Waals surface area contributed by atoms with Crippen molar-refractivity contribution >= 4 is 6.01 Å². The van der Waals surface area contributed by atoms with Gasteiger partial charge in [0, 0.05) is 0 Å². The van der Waals surface area contributed by atoms with E-state index in [1.807, 2.05) is 6.92 Å². The van der Waals surface area contributed by atoms with Gasteiger partial charge in [0.25, 0.3) is 0 Å². The van der Waals surface area contributed by atoms with Gasteiger partial charge in [0.1, 0.15) is 6.01 Å². The second-order valence-electron chi connectivity index (χ2n) is 2.00. The lowest BCUT2D eigenvalue weighted by Crippen LogP contribution is -2.10. The molecule has 0 radical (unpaired) electrons. The first-order chi connectivity index (χ1) is 4.85. The van der Waals surface area contributed by atoms with Gasteiger partial charge in [0.2, 0.25) is 0 Å². The Bertz CT molecular complexity index is 126. The van der Waals surface area contributed by atoms with Crippen molar-refractivity contribution in [1.82, 2.24) is 0 Å². The van der Waals surface area contributed by atoms with Crippen LogP contribution in [-0.4, -0.2) is 18.6 Å². The highest BCUT2D eigenvalue weighted by Gasteiger charge is 1.99. The van der Waals surface area contributed by atoms with Gasteiger partial charge in [-0.3, -0.25) is 0 Å². The molecule has 0 bridgehead atoms. The number of hydrogen-bond donors (Lipinski definition) is 2. The largest absolute Gasteiger partial charge is 0.330 e. The maximum atomic E-state index is 5.33. The fraction of sp³-hybridized carbons (Fsp3) is 0.833. The lowest BCUT2D eigenvalue weighted by atomic mass is 10.2. The van der Waals surface area contributed by atoms with Crippen LogP contribution < -0.4 is 11.6 Å². The third-order valence-electron chi connectivity index (χ3n) is 1.27. The predicted octanol–water partition coefficient (Wildman–Crippen LogP) is 0.161.